The number of hydrogen-bond donors (Lipinski definition) is 0. The number of nitrogens with zero attached hydrogens (tertiary/aromatic N) is 1. The van der Waals surface area contributed by atoms with Gasteiger partial charge in [-0.3, -0.25) is 4.79 Å². The van der Waals surface area contributed by atoms with E-state index in [4.69, 9.17) is 11.6 Å². The van der Waals surface area contributed by atoms with Crippen molar-refractivity contribution in [3.8, 4) is 0 Å². The van der Waals surface area contributed by atoms with Gasteiger partial charge in [0.2, 0.25) is 0 Å². The van der Waals surface area contributed by atoms with Gasteiger partial charge in [0, 0.05) is 34.5 Å². The summed E-state index contributed by atoms with van der Waals surface area (Å²) in [5, 5.41) is 0.109. The molecule has 1 fully saturated rings. The minimum absolute atomic E-state index is 0.185. The molecule has 114 valence electrons. The zero-order valence-corrected chi connectivity index (χ0v) is 13.0. The Kier molecular flexibility index (Phi) is 4.36. The molecule has 1 atom stereocenters. The van der Waals surface area contributed by atoms with Crippen molar-refractivity contribution in [3.63, 3.8) is 0 Å². The van der Waals surface area contributed by atoms with Gasteiger partial charge in [-0.1, -0.05) is 17.7 Å². The van der Waals surface area contributed by atoms with Gasteiger partial charge < -0.3 is 4.90 Å². The van der Waals surface area contributed by atoms with E-state index in [1.165, 1.54) is 23.9 Å². The van der Waals surface area contributed by atoms with Crippen LogP contribution in [0.1, 0.15) is 21.3 Å². The molecule has 1 amide bonds. The standard InChI is InChI=1S/C16H12ClF2NOS/c17-11-3-1-10(2-4-11)15(21)20-7-8-22-16(20)13-6-5-12(18)9-14(13)19/h1-6,9,16H,7-8H2. The summed E-state index contributed by atoms with van der Waals surface area (Å²) < 4.78 is 27.0. The monoisotopic (exact) mass is 339 g/mol. The third kappa shape index (κ3) is 2.96. The Morgan fingerprint density at radius 1 is 1.18 bits per heavy atom. The van der Waals surface area contributed by atoms with Crippen molar-refractivity contribution in [1.29, 1.82) is 0 Å². The van der Waals surface area contributed by atoms with Crippen LogP contribution in [-0.4, -0.2) is 23.1 Å². The van der Waals surface area contributed by atoms with E-state index in [1.807, 2.05) is 0 Å². The molecule has 2 aromatic rings. The zero-order valence-electron chi connectivity index (χ0n) is 11.4. The molecule has 1 aliphatic rings. The number of halogens is 3. The van der Waals surface area contributed by atoms with Gasteiger partial charge in [0.15, 0.2) is 0 Å². The van der Waals surface area contributed by atoms with Gasteiger partial charge in [-0.05, 0) is 30.3 Å². The van der Waals surface area contributed by atoms with Crippen molar-refractivity contribution in [3.05, 3.63) is 70.2 Å². The van der Waals surface area contributed by atoms with Crippen LogP contribution in [0.4, 0.5) is 8.78 Å². The normalized spacial score (nSPS) is 17.8. The first-order chi connectivity index (χ1) is 10.6. The van der Waals surface area contributed by atoms with E-state index in [9.17, 15) is 13.6 Å². The SMILES string of the molecule is O=C(c1ccc(Cl)cc1)N1CCSC1c1ccc(F)cc1F. The molecule has 2 aromatic carbocycles. The smallest absolute Gasteiger partial charge is 0.255 e. The fraction of sp³-hybridized carbons (Fsp3) is 0.188. The van der Waals surface area contributed by atoms with Crippen LogP contribution >= 0.6 is 23.4 Å². The number of carbonyl (C=O) groups excluding carboxylic acids is 1. The average molecular weight is 340 g/mol. The van der Waals surface area contributed by atoms with Gasteiger partial charge in [-0.2, -0.15) is 0 Å². The predicted octanol–water partition coefficient (Wildman–Crippen LogP) is 4.51. The number of hydrogen-bond acceptors (Lipinski definition) is 2. The highest BCUT2D eigenvalue weighted by Crippen LogP contribution is 2.39. The van der Waals surface area contributed by atoms with E-state index in [-0.39, 0.29) is 5.91 Å². The lowest BCUT2D eigenvalue weighted by Gasteiger charge is -2.24. The highest BCUT2D eigenvalue weighted by atomic mass is 35.5. The lowest BCUT2D eigenvalue weighted by Crippen LogP contribution is -2.30. The first-order valence-corrected chi connectivity index (χ1v) is 8.12. The Balaban J connectivity index is 1.89. The molecular formula is C16H12ClF2NOS. The van der Waals surface area contributed by atoms with Gasteiger partial charge >= 0.3 is 0 Å². The lowest BCUT2D eigenvalue weighted by molar-refractivity contribution is 0.0759. The first kappa shape index (κ1) is 15.3. The molecule has 3 rings (SSSR count). The Morgan fingerprint density at radius 3 is 2.59 bits per heavy atom. The van der Waals surface area contributed by atoms with E-state index in [0.29, 0.717) is 28.4 Å². The van der Waals surface area contributed by atoms with Gasteiger partial charge in [-0.25, -0.2) is 8.78 Å². The van der Waals surface area contributed by atoms with E-state index in [2.05, 4.69) is 0 Å². The van der Waals surface area contributed by atoms with Crippen LogP contribution in [0.2, 0.25) is 5.02 Å². The van der Waals surface area contributed by atoms with Crippen LogP contribution in [0.3, 0.4) is 0 Å². The highest BCUT2D eigenvalue weighted by Gasteiger charge is 2.33. The topological polar surface area (TPSA) is 20.3 Å². The summed E-state index contributed by atoms with van der Waals surface area (Å²) in [6.45, 7) is 0.521. The molecule has 0 bridgehead atoms. The van der Waals surface area contributed by atoms with Gasteiger partial charge in [0.25, 0.3) is 5.91 Å². The summed E-state index contributed by atoms with van der Waals surface area (Å²) in [4.78, 5) is 14.2. The molecule has 22 heavy (non-hydrogen) atoms. The third-order valence-electron chi connectivity index (χ3n) is 3.47. The number of thioether (sulfide) groups is 1. The van der Waals surface area contributed by atoms with Gasteiger partial charge in [-0.15, -0.1) is 11.8 Å². The molecular weight excluding hydrogens is 328 g/mol. The van der Waals surface area contributed by atoms with Crippen LogP contribution in [0, 0.1) is 11.6 Å². The van der Waals surface area contributed by atoms with Crippen LogP contribution in [0.15, 0.2) is 42.5 Å². The van der Waals surface area contributed by atoms with E-state index >= 15 is 0 Å². The quantitative estimate of drug-likeness (QED) is 0.802. The summed E-state index contributed by atoms with van der Waals surface area (Å²) >= 11 is 7.29. The Morgan fingerprint density at radius 2 is 1.91 bits per heavy atom. The maximum atomic E-state index is 14.0. The molecule has 0 saturated carbocycles. The molecule has 6 heteroatoms. The second-order valence-electron chi connectivity index (χ2n) is 4.89. The van der Waals surface area contributed by atoms with Crippen LogP contribution < -0.4 is 0 Å². The molecule has 0 aromatic heterocycles. The minimum Gasteiger partial charge on any atom is -0.322 e. The van der Waals surface area contributed by atoms with E-state index in [0.717, 1.165) is 6.07 Å². The van der Waals surface area contributed by atoms with Gasteiger partial charge in [0.05, 0.1) is 0 Å². The molecule has 1 heterocycles. The Bertz CT molecular complexity index is 708. The Labute approximate surface area is 136 Å². The molecule has 1 unspecified atom stereocenters. The highest BCUT2D eigenvalue weighted by molar-refractivity contribution is 7.99. The average Bonchev–Trinajstić information content (AvgIpc) is 2.96. The van der Waals surface area contributed by atoms with Crippen molar-refractivity contribution in [2.24, 2.45) is 0 Å². The maximum absolute atomic E-state index is 14.0. The third-order valence-corrected chi connectivity index (χ3v) is 4.97. The lowest BCUT2D eigenvalue weighted by atomic mass is 10.1. The van der Waals surface area contributed by atoms with Gasteiger partial charge in [0.1, 0.15) is 17.0 Å². The second-order valence-corrected chi connectivity index (χ2v) is 6.52. The molecule has 1 saturated heterocycles. The summed E-state index contributed by atoms with van der Waals surface area (Å²) in [6.07, 6.45) is 0. The Hall–Kier alpha value is -1.59. The molecule has 0 N–H and O–H groups in total. The minimum atomic E-state index is -0.631. The zero-order chi connectivity index (χ0) is 15.7. The fourth-order valence-corrected chi connectivity index (χ4v) is 3.80. The van der Waals surface area contributed by atoms with E-state index in [1.54, 1.807) is 29.2 Å². The molecule has 0 aliphatic carbocycles. The fourth-order valence-electron chi connectivity index (χ4n) is 2.40. The van der Waals surface area contributed by atoms with Crippen molar-refractivity contribution in [1.82, 2.24) is 4.90 Å². The summed E-state index contributed by atoms with van der Waals surface area (Å²) in [5.41, 5.74) is 0.825. The summed E-state index contributed by atoms with van der Waals surface area (Å²) in [5.74, 6) is -0.732. The molecule has 0 radical (unpaired) electrons. The van der Waals surface area contributed by atoms with Crippen molar-refractivity contribution < 1.29 is 13.6 Å². The van der Waals surface area contributed by atoms with Crippen molar-refractivity contribution in [2.45, 2.75) is 5.37 Å². The summed E-state index contributed by atoms with van der Waals surface area (Å²) in [7, 11) is 0. The number of amides is 1. The van der Waals surface area contributed by atoms with Crippen LogP contribution in [0.5, 0.6) is 0 Å². The van der Waals surface area contributed by atoms with Crippen LogP contribution in [-0.2, 0) is 0 Å². The molecule has 0 spiro atoms. The number of rotatable bonds is 2. The first-order valence-electron chi connectivity index (χ1n) is 6.69. The molecule has 2 nitrogen and oxygen atoms in total. The maximum Gasteiger partial charge on any atom is 0.255 e. The van der Waals surface area contributed by atoms with Crippen molar-refractivity contribution in [2.75, 3.05) is 12.3 Å². The number of carbonyl (C=O) groups is 1. The van der Waals surface area contributed by atoms with Crippen LogP contribution in [0.25, 0.3) is 0 Å². The predicted molar refractivity (Wildman–Crippen MR) is 84.0 cm³/mol. The largest absolute Gasteiger partial charge is 0.322 e. The second kappa shape index (κ2) is 6.26. The van der Waals surface area contributed by atoms with Crippen molar-refractivity contribution >= 4 is 29.3 Å². The van der Waals surface area contributed by atoms with E-state index < -0.39 is 17.0 Å². The summed E-state index contributed by atoms with van der Waals surface area (Å²) in [6, 6.07) is 10.0. The number of benzene rings is 2. The molecule has 1 aliphatic heterocycles.